The number of ether oxygens (including phenoxy) is 5. The molecule has 5 heteroatoms. The van der Waals surface area contributed by atoms with Crippen LogP contribution >= 0.6 is 0 Å². The molecule has 26 bridgehead atoms. The summed E-state index contributed by atoms with van der Waals surface area (Å²) in [7, 11) is 0. The minimum absolute atomic E-state index is 0.491. The average molecular weight is 1620 g/mol. The predicted octanol–water partition coefficient (Wildman–Crippen LogP) is 29.0. The Morgan fingerprint density at radius 2 is 0.571 bits per heavy atom. The zero-order valence-corrected chi connectivity index (χ0v) is 75.9. The van der Waals surface area contributed by atoms with Crippen LogP contribution in [0.3, 0.4) is 0 Å². The molecule has 5 nitrogen and oxygen atoms in total. The van der Waals surface area contributed by atoms with E-state index in [-0.39, 0.29) is 0 Å². The smallest absolute Gasteiger partial charge is 0.121 e. The topological polar surface area (TPSA) is 46.2 Å². The van der Waals surface area contributed by atoms with Crippen molar-refractivity contribution >= 4 is 0 Å². The van der Waals surface area contributed by atoms with Crippen LogP contribution in [0.25, 0.3) is 0 Å². The van der Waals surface area contributed by atoms with Crippen molar-refractivity contribution in [2.24, 2.45) is 237 Å². The molecule has 0 aromatic heterocycles. The largest absolute Gasteiger partial charge is 0.502 e. The van der Waals surface area contributed by atoms with Gasteiger partial charge in [0.25, 0.3) is 0 Å². The maximum atomic E-state index is 5.36. The van der Waals surface area contributed by atoms with Crippen molar-refractivity contribution in [2.45, 2.75) is 273 Å². The van der Waals surface area contributed by atoms with Crippen molar-refractivity contribution in [3.8, 4) is 0 Å². The molecular formula is C114H166O5. The lowest BCUT2D eigenvalue weighted by atomic mass is 9.66. The normalized spacial score (nSPS) is 50.1. The van der Waals surface area contributed by atoms with E-state index in [0.717, 1.165) is 256 Å². The van der Waals surface area contributed by atoms with Crippen LogP contribution in [-0.4, -0.2) is 38.6 Å². The van der Waals surface area contributed by atoms with Crippen molar-refractivity contribution in [1.29, 1.82) is 0 Å². The summed E-state index contributed by atoms with van der Waals surface area (Å²) in [5, 5.41) is 0. The van der Waals surface area contributed by atoms with Crippen molar-refractivity contribution in [3.63, 3.8) is 0 Å². The molecule has 0 aromatic rings. The average Bonchev–Trinajstić information content (AvgIpc) is 1.57. The van der Waals surface area contributed by atoms with Gasteiger partial charge in [0.15, 0.2) is 0 Å². The number of hydrogen-bond donors (Lipinski definition) is 0. The first-order chi connectivity index (χ1) is 58.3. The highest BCUT2D eigenvalue weighted by atomic mass is 16.5. The van der Waals surface area contributed by atoms with Gasteiger partial charge in [-0.3, -0.25) is 0 Å². The lowest BCUT2D eigenvalue weighted by Crippen LogP contribution is -2.34. The Kier molecular flexibility index (Phi) is 28.4. The minimum atomic E-state index is 0.491. The number of hydrogen-bond acceptors (Lipinski definition) is 5. The Morgan fingerprint density at radius 1 is 0.202 bits per heavy atom. The number of rotatable bonds is 0. The molecule has 0 aromatic carbocycles. The van der Waals surface area contributed by atoms with Crippen LogP contribution in [-0.2, 0) is 23.7 Å². The fourth-order valence-corrected chi connectivity index (χ4v) is 33.2. The second-order valence-corrected chi connectivity index (χ2v) is 45.4. The molecule has 652 valence electrons. The van der Waals surface area contributed by atoms with Gasteiger partial charge in [-0.25, -0.2) is 0 Å². The molecule has 0 N–H and O–H groups in total. The lowest BCUT2D eigenvalue weighted by Gasteiger charge is -2.39. The van der Waals surface area contributed by atoms with Gasteiger partial charge in [0.05, 0.1) is 37.9 Å². The molecule has 42 atom stereocenters. The van der Waals surface area contributed by atoms with Crippen LogP contribution in [0.5, 0.6) is 0 Å². The highest BCUT2D eigenvalue weighted by molar-refractivity contribution is 5.25. The molecule has 119 heavy (non-hydrogen) atoms. The lowest BCUT2D eigenvalue weighted by molar-refractivity contribution is 0.108. The molecule has 31 aliphatic rings. The van der Waals surface area contributed by atoms with Crippen LogP contribution < -0.4 is 0 Å². The fraction of sp³-hybridized carbons (Fsp3) is 0.754. The zero-order chi connectivity index (χ0) is 81.0. The van der Waals surface area contributed by atoms with Crippen LogP contribution in [0.1, 0.15) is 261 Å². The summed E-state index contributed by atoms with van der Waals surface area (Å²) < 4.78 is 24.5. The molecule has 42 unspecified atom stereocenters. The Morgan fingerprint density at radius 3 is 0.824 bits per heavy atom. The van der Waals surface area contributed by atoms with E-state index >= 15 is 0 Å². The maximum absolute atomic E-state index is 5.36. The first-order valence-corrected chi connectivity index (χ1v) is 51.8. The predicted molar refractivity (Wildman–Crippen MR) is 493 cm³/mol. The zero-order valence-electron chi connectivity index (χ0n) is 75.9. The van der Waals surface area contributed by atoms with E-state index in [2.05, 4.69) is 189 Å². The summed E-state index contributed by atoms with van der Waals surface area (Å²) in [6.45, 7) is 22.7. The van der Waals surface area contributed by atoms with Crippen molar-refractivity contribution in [3.05, 3.63) is 171 Å². The first-order valence-electron chi connectivity index (χ1n) is 51.8. The molecule has 26 aliphatic carbocycles. The van der Waals surface area contributed by atoms with Gasteiger partial charge in [0, 0.05) is 6.42 Å². The van der Waals surface area contributed by atoms with E-state index < -0.39 is 0 Å². The van der Waals surface area contributed by atoms with Gasteiger partial charge < -0.3 is 23.7 Å². The second-order valence-electron chi connectivity index (χ2n) is 45.4. The van der Waals surface area contributed by atoms with E-state index in [1.165, 1.54) is 148 Å². The van der Waals surface area contributed by atoms with E-state index in [0.29, 0.717) is 25.4 Å². The van der Waals surface area contributed by atoms with Gasteiger partial charge in [-0.1, -0.05) is 189 Å². The Balaban J connectivity index is 0.0000000893. The molecule has 5 heterocycles. The number of allylic oxidation sites excluding steroid dienone is 21. The van der Waals surface area contributed by atoms with Crippen LogP contribution in [0.15, 0.2) is 171 Å². The van der Waals surface area contributed by atoms with E-state index in [9.17, 15) is 0 Å². The minimum Gasteiger partial charge on any atom is -0.502 e. The molecule has 5 aliphatic heterocycles. The maximum Gasteiger partial charge on any atom is 0.121 e. The second kappa shape index (κ2) is 39.6. The highest BCUT2D eigenvalue weighted by Gasteiger charge is 2.64. The molecule has 31 rings (SSSR count). The SMILES string of the molecule is C1=CC2CC1C1C3CCC(C3)C21.C1=CC2CCC1C2.C1=CC2CCC1O2.C1=CCCC1.C1=CCCCC1.C1=COCC1.C1=COCCC1.C1=COCCO1.CC1C(C)C2CC1C1C3C=CC(C3)C21.CC1C2C=CC(C2)C1C.CC1CC2C=CC1C2.CC1CC2C=CC1C2.CC1CC2CC1C1C3C=CC(C3)C21.CC1CC2CC1C1C3C=CC(C3)C21. The molecule has 0 radical (unpaired) electrons. The van der Waals surface area contributed by atoms with E-state index in [4.69, 9.17) is 23.7 Å². The summed E-state index contributed by atoms with van der Waals surface area (Å²) >= 11 is 0. The van der Waals surface area contributed by atoms with E-state index in [1.54, 1.807) is 76.4 Å². The van der Waals surface area contributed by atoms with Gasteiger partial charge in [-0.15, -0.1) is 0 Å². The van der Waals surface area contributed by atoms with Crippen LogP contribution in [0, 0.1) is 237 Å². The highest BCUT2D eigenvalue weighted by Crippen LogP contribution is 2.71. The van der Waals surface area contributed by atoms with Gasteiger partial charge in [-0.2, -0.15) is 0 Å². The molecule has 1 saturated heterocycles. The molecule has 0 amide bonds. The molecule has 16 saturated carbocycles. The third-order valence-electron chi connectivity index (χ3n) is 39.1. The molecule has 17 fully saturated rings. The summed E-state index contributed by atoms with van der Waals surface area (Å²) in [6.07, 6.45) is 110. The van der Waals surface area contributed by atoms with Gasteiger partial charge >= 0.3 is 0 Å². The van der Waals surface area contributed by atoms with Gasteiger partial charge in [0.1, 0.15) is 25.7 Å². The molecular weight excluding hydrogens is 1450 g/mol. The van der Waals surface area contributed by atoms with Crippen molar-refractivity contribution in [2.75, 3.05) is 26.4 Å². The number of fused-ring (bicyclic) bond motifs is 46. The summed E-state index contributed by atoms with van der Waals surface area (Å²) in [6, 6.07) is 0. The Labute approximate surface area is 726 Å². The summed E-state index contributed by atoms with van der Waals surface area (Å²) in [4.78, 5) is 0. The van der Waals surface area contributed by atoms with E-state index in [1.807, 2.05) is 12.2 Å². The van der Waals surface area contributed by atoms with Gasteiger partial charge in [0.2, 0.25) is 0 Å². The molecule has 0 spiro atoms. The fourth-order valence-electron chi connectivity index (χ4n) is 33.2. The summed E-state index contributed by atoms with van der Waals surface area (Å²) in [5.41, 5.74) is 0. The van der Waals surface area contributed by atoms with Crippen molar-refractivity contribution < 1.29 is 23.7 Å². The first kappa shape index (κ1) is 85.3. The van der Waals surface area contributed by atoms with Crippen LogP contribution in [0.2, 0.25) is 0 Å². The Hall–Kier alpha value is -4.48. The summed E-state index contributed by atoms with van der Waals surface area (Å²) in [5.74, 6) is 41.9. The Bertz CT molecular complexity index is 3410. The van der Waals surface area contributed by atoms with Crippen LogP contribution in [0.4, 0.5) is 0 Å². The standard InChI is InChI=1S/C14H20.2C13H18.C12H16.C9H14.2C8H12.C7H10.C6H8O.C6H10.C5H8O.C5H8.C4H6O2.C4H6O/c1-7-8(2)12-6-11(7)13-9-3-4-10(5-9)14(12)13;2*1-7-4-10-6-11(7)13-9-3-2-8(5-9)12(10)13;1-2-8-5-7(1)11-9-3-4-10(6-9)12(8)11;1-6-7(2)9-4-3-8(6)5-9;2*1-6-4-7-2-3-8(6)5-7;1-2-7-4-3-6(1)5-7;1-2-6-4-3-5(1)7-6;2*1-2-4-6-5-3-1;1-2-4-5-3-1;1-2-6-4-3-5-1;1-2-4-5-3-1/h3-4,7-14H,5-6H2,1-2H3;2*2-3,7-13H,4-6H2,1H3;1-2,7-12H,3-6H2;3-4,6-9H,5H2,1-2H3;2*2-3,6-8H,4-5H2,1H3;1-2,6-7H,3-5H2;1-2,5-6H,3-4H2;1-2H,3-6H2;2,4H,1,3,5H2;1-2H,3-5H2;1-2H,3-4H2;1,3H,2,4H2. The third kappa shape index (κ3) is 19.2. The van der Waals surface area contributed by atoms with Crippen molar-refractivity contribution in [1.82, 2.24) is 0 Å². The third-order valence-corrected chi connectivity index (χ3v) is 39.1. The monoisotopic (exact) mass is 1620 g/mol. The quantitative estimate of drug-likeness (QED) is 0.179. The van der Waals surface area contributed by atoms with Gasteiger partial charge in [-0.05, 0) is 448 Å².